The predicted octanol–water partition coefficient (Wildman–Crippen LogP) is 8.60. The second kappa shape index (κ2) is 14.7. The third kappa shape index (κ3) is 8.11. The first kappa shape index (κ1) is 31.5. The lowest BCUT2D eigenvalue weighted by molar-refractivity contribution is -0.126. The minimum atomic E-state index is -0.890. The molecule has 0 aliphatic rings. The number of ether oxygens (including phenoxy) is 2. The van der Waals surface area contributed by atoms with Crippen molar-refractivity contribution in [2.45, 2.75) is 26.1 Å². The van der Waals surface area contributed by atoms with Crippen LogP contribution >= 0.6 is 46.4 Å². The Kier molecular flexibility index (Phi) is 11.0. The second-order valence-electron chi connectivity index (χ2n) is 9.32. The summed E-state index contributed by atoms with van der Waals surface area (Å²) in [6.07, 6.45) is -1.78. The molecule has 42 heavy (non-hydrogen) atoms. The first-order valence-electron chi connectivity index (χ1n) is 13.1. The Bertz CT molecular complexity index is 1410. The predicted molar refractivity (Wildman–Crippen MR) is 171 cm³/mol. The van der Waals surface area contributed by atoms with Crippen LogP contribution < -0.4 is 19.3 Å². The SMILES string of the molecule is CC(Oc1ccc(Cl)cc1Cl)C(=O)N(CCN(C(=O)C(C)Oc1ccc(Cl)cc1Cl)c1ccccc1)c1ccccc1. The number of hydrogen-bond acceptors (Lipinski definition) is 4. The molecule has 0 aliphatic heterocycles. The first-order valence-corrected chi connectivity index (χ1v) is 14.6. The summed E-state index contributed by atoms with van der Waals surface area (Å²) in [5.74, 6) is 0.0422. The minimum absolute atomic E-state index is 0.167. The molecule has 6 nitrogen and oxygen atoms in total. The van der Waals surface area contributed by atoms with Crippen LogP contribution in [0, 0.1) is 0 Å². The third-order valence-corrected chi connectivity index (χ3v) is 7.37. The van der Waals surface area contributed by atoms with Crippen LogP contribution in [0.15, 0.2) is 97.1 Å². The Morgan fingerprint density at radius 1 is 0.595 bits per heavy atom. The fraction of sp³-hybridized carbons (Fsp3) is 0.188. The maximum atomic E-state index is 13.8. The van der Waals surface area contributed by atoms with Gasteiger partial charge in [0.2, 0.25) is 0 Å². The summed E-state index contributed by atoms with van der Waals surface area (Å²) in [7, 11) is 0. The highest BCUT2D eigenvalue weighted by molar-refractivity contribution is 6.36. The van der Waals surface area contributed by atoms with Gasteiger partial charge in [0.05, 0.1) is 10.0 Å². The van der Waals surface area contributed by atoms with E-state index >= 15 is 0 Å². The van der Waals surface area contributed by atoms with Crippen molar-refractivity contribution in [2.75, 3.05) is 22.9 Å². The van der Waals surface area contributed by atoms with Gasteiger partial charge in [-0.05, 0) is 74.5 Å². The molecule has 4 rings (SSSR count). The van der Waals surface area contributed by atoms with E-state index in [9.17, 15) is 9.59 Å². The molecule has 0 aliphatic carbocycles. The van der Waals surface area contributed by atoms with Crippen molar-refractivity contribution in [3.05, 3.63) is 117 Å². The summed E-state index contributed by atoms with van der Waals surface area (Å²) >= 11 is 24.6. The highest BCUT2D eigenvalue weighted by atomic mass is 35.5. The summed E-state index contributed by atoms with van der Waals surface area (Å²) < 4.78 is 11.8. The van der Waals surface area contributed by atoms with E-state index in [-0.39, 0.29) is 24.9 Å². The zero-order valence-electron chi connectivity index (χ0n) is 22.8. The topological polar surface area (TPSA) is 59.1 Å². The van der Waals surface area contributed by atoms with Crippen LogP contribution in [-0.2, 0) is 9.59 Å². The molecule has 0 fully saturated rings. The average Bonchev–Trinajstić information content (AvgIpc) is 2.98. The van der Waals surface area contributed by atoms with E-state index in [4.69, 9.17) is 55.9 Å². The molecular formula is C32H28Cl4N2O4. The quantitative estimate of drug-likeness (QED) is 0.164. The lowest BCUT2D eigenvalue weighted by atomic mass is 10.2. The normalized spacial score (nSPS) is 12.2. The number of halogens is 4. The van der Waals surface area contributed by atoms with E-state index in [0.29, 0.717) is 43.0 Å². The summed E-state index contributed by atoms with van der Waals surface area (Å²) in [5, 5.41) is 1.51. The van der Waals surface area contributed by atoms with E-state index in [1.165, 1.54) is 0 Å². The molecule has 0 aromatic heterocycles. The number of benzene rings is 4. The van der Waals surface area contributed by atoms with Gasteiger partial charge in [-0.2, -0.15) is 0 Å². The maximum absolute atomic E-state index is 13.8. The smallest absolute Gasteiger partial charge is 0.267 e. The average molecular weight is 646 g/mol. The lowest BCUT2D eigenvalue weighted by Gasteiger charge is -2.31. The highest BCUT2D eigenvalue weighted by Crippen LogP contribution is 2.30. The molecule has 4 aromatic rings. The zero-order chi connectivity index (χ0) is 30.2. The van der Waals surface area contributed by atoms with Crippen molar-refractivity contribution in [1.29, 1.82) is 0 Å². The van der Waals surface area contributed by atoms with Crippen molar-refractivity contribution in [2.24, 2.45) is 0 Å². The van der Waals surface area contributed by atoms with Gasteiger partial charge < -0.3 is 19.3 Å². The molecular weight excluding hydrogens is 618 g/mol. The largest absolute Gasteiger partial charge is 0.479 e. The number of rotatable bonds is 11. The van der Waals surface area contributed by atoms with Gasteiger partial charge in [0.25, 0.3) is 11.8 Å². The molecule has 0 N–H and O–H groups in total. The van der Waals surface area contributed by atoms with Crippen molar-refractivity contribution < 1.29 is 19.1 Å². The van der Waals surface area contributed by atoms with Crippen LogP contribution in [0.4, 0.5) is 11.4 Å². The summed E-state index contributed by atoms with van der Waals surface area (Å²) in [6.45, 7) is 3.63. The molecule has 2 unspecified atom stereocenters. The molecule has 0 saturated heterocycles. The Hall–Kier alpha value is -3.42. The van der Waals surface area contributed by atoms with Gasteiger partial charge in [-0.3, -0.25) is 9.59 Å². The Labute approximate surface area is 265 Å². The number of para-hydroxylation sites is 2. The zero-order valence-corrected chi connectivity index (χ0v) is 25.9. The van der Waals surface area contributed by atoms with Crippen LogP contribution in [0.1, 0.15) is 13.8 Å². The van der Waals surface area contributed by atoms with Gasteiger partial charge in [0.15, 0.2) is 12.2 Å². The molecule has 10 heteroatoms. The number of carbonyl (C=O) groups excluding carboxylic acids is 2. The van der Waals surface area contributed by atoms with Crippen molar-refractivity contribution in [1.82, 2.24) is 0 Å². The van der Waals surface area contributed by atoms with E-state index in [1.807, 2.05) is 60.7 Å². The van der Waals surface area contributed by atoms with Gasteiger partial charge >= 0.3 is 0 Å². The lowest BCUT2D eigenvalue weighted by Crippen LogP contribution is -2.48. The monoisotopic (exact) mass is 644 g/mol. The summed E-state index contributed by atoms with van der Waals surface area (Å²) in [5.41, 5.74) is 1.30. The number of anilines is 2. The molecule has 0 saturated carbocycles. The van der Waals surface area contributed by atoms with Crippen LogP contribution in [0.3, 0.4) is 0 Å². The Morgan fingerprint density at radius 3 is 1.29 bits per heavy atom. The first-order chi connectivity index (χ1) is 20.1. The standard InChI is InChI=1S/C32H28Cl4N2O4/c1-21(41-29-15-13-23(33)19-27(29)35)31(39)37(25-9-5-3-6-10-25)17-18-38(26-11-7-4-8-12-26)32(40)22(2)42-30-16-14-24(34)20-28(30)36/h3-16,19-22H,17-18H2,1-2H3. The number of amides is 2. The van der Waals surface area contributed by atoms with Gasteiger partial charge in [-0.15, -0.1) is 0 Å². The minimum Gasteiger partial charge on any atom is -0.479 e. The van der Waals surface area contributed by atoms with Crippen LogP contribution in [0.2, 0.25) is 20.1 Å². The van der Waals surface area contributed by atoms with Gasteiger partial charge in [0, 0.05) is 34.5 Å². The summed E-state index contributed by atoms with van der Waals surface area (Å²) in [4.78, 5) is 30.7. The van der Waals surface area contributed by atoms with Gasteiger partial charge in [-0.25, -0.2) is 0 Å². The highest BCUT2D eigenvalue weighted by Gasteiger charge is 2.28. The van der Waals surface area contributed by atoms with Gasteiger partial charge in [-0.1, -0.05) is 82.8 Å². The van der Waals surface area contributed by atoms with E-state index in [1.54, 1.807) is 60.0 Å². The molecule has 0 spiro atoms. The Balaban J connectivity index is 1.57. The second-order valence-corrected chi connectivity index (χ2v) is 11.0. The van der Waals surface area contributed by atoms with E-state index in [2.05, 4.69) is 0 Å². The molecule has 2 atom stereocenters. The molecule has 4 aromatic carbocycles. The van der Waals surface area contributed by atoms with Crippen molar-refractivity contribution >= 4 is 69.6 Å². The van der Waals surface area contributed by atoms with Crippen LogP contribution in [0.5, 0.6) is 11.5 Å². The molecule has 0 bridgehead atoms. The molecule has 2 amide bonds. The third-order valence-electron chi connectivity index (χ3n) is 6.31. The number of nitrogens with zero attached hydrogens (tertiary/aromatic N) is 2. The number of carbonyl (C=O) groups is 2. The molecule has 0 radical (unpaired) electrons. The number of hydrogen-bond donors (Lipinski definition) is 0. The maximum Gasteiger partial charge on any atom is 0.267 e. The van der Waals surface area contributed by atoms with E-state index in [0.717, 1.165) is 0 Å². The summed E-state index contributed by atoms with van der Waals surface area (Å²) in [6, 6.07) is 28.0. The van der Waals surface area contributed by atoms with Crippen molar-refractivity contribution in [3.8, 4) is 11.5 Å². The van der Waals surface area contributed by atoms with Crippen molar-refractivity contribution in [3.63, 3.8) is 0 Å². The molecule has 0 heterocycles. The van der Waals surface area contributed by atoms with Gasteiger partial charge in [0.1, 0.15) is 11.5 Å². The van der Waals surface area contributed by atoms with E-state index < -0.39 is 12.2 Å². The molecule has 218 valence electrons. The Morgan fingerprint density at radius 2 is 0.952 bits per heavy atom. The fourth-order valence-electron chi connectivity index (χ4n) is 4.21. The van der Waals surface area contributed by atoms with Crippen LogP contribution in [-0.4, -0.2) is 37.1 Å². The fourth-order valence-corrected chi connectivity index (χ4v) is 5.12. The van der Waals surface area contributed by atoms with Crippen LogP contribution in [0.25, 0.3) is 0 Å².